The highest BCUT2D eigenvalue weighted by Crippen LogP contribution is 2.25. The number of aromatic nitrogens is 4. The van der Waals surface area contributed by atoms with Crippen LogP contribution in [0.5, 0.6) is 5.75 Å². The Morgan fingerprint density at radius 3 is 2.50 bits per heavy atom. The first-order chi connectivity index (χ1) is 15.4. The molecule has 0 aliphatic carbocycles. The summed E-state index contributed by atoms with van der Waals surface area (Å²) in [4.78, 5) is 12.8. The number of carbonyl (C=O) groups is 1. The highest BCUT2D eigenvalue weighted by Gasteiger charge is 2.17. The molecule has 0 aliphatic heterocycles. The summed E-state index contributed by atoms with van der Waals surface area (Å²) in [7, 11) is 0. The zero-order chi connectivity index (χ0) is 22.7. The van der Waals surface area contributed by atoms with Gasteiger partial charge in [0.05, 0.1) is 16.6 Å². The van der Waals surface area contributed by atoms with Crippen LogP contribution in [-0.4, -0.2) is 25.5 Å². The summed E-state index contributed by atoms with van der Waals surface area (Å²) < 4.78 is 8.67. The van der Waals surface area contributed by atoms with Crippen LogP contribution < -0.4 is 10.1 Å². The van der Waals surface area contributed by atoms with E-state index in [1.807, 2.05) is 6.07 Å². The Morgan fingerprint density at radius 2 is 1.75 bits per heavy atom. The predicted octanol–water partition coefficient (Wildman–Crippen LogP) is 6.03. The van der Waals surface area contributed by atoms with Gasteiger partial charge in [0.2, 0.25) is 0 Å². The summed E-state index contributed by atoms with van der Waals surface area (Å²) in [5, 5.41) is 13.0. The van der Waals surface area contributed by atoms with Crippen molar-refractivity contribution in [3.05, 3.63) is 92.3 Å². The molecule has 0 radical (unpaired) electrons. The number of nitrogens with one attached hydrogen (secondary N) is 1. The highest BCUT2D eigenvalue weighted by atomic mass is 35.5. The van der Waals surface area contributed by atoms with Gasteiger partial charge in [0.1, 0.15) is 16.5 Å². The summed E-state index contributed by atoms with van der Waals surface area (Å²) in [5.74, 6) is 0.396. The highest BCUT2D eigenvalue weighted by molar-refractivity contribution is 6.42. The largest absolute Gasteiger partial charge is 0.471 e. The van der Waals surface area contributed by atoms with E-state index in [-0.39, 0.29) is 18.2 Å². The van der Waals surface area contributed by atoms with Gasteiger partial charge in [-0.3, -0.25) is 9.48 Å². The first-order valence-electron chi connectivity index (χ1n) is 9.27. The quantitative estimate of drug-likeness (QED) is 0.329. The Labute approximate surface area is 203 Å². The molecule has 1 amide bonds. The molecule has 32 heavy (non-hydrogen) atoms. The van der Waals surface area contributed by atoms with Gasteiger partial charge in [-0.15, -0.1) is 0 Å². The molecule has 0 saturated carbocycles. The van der Waals surface area contributed by atoms with E-state index in [9.17, 15) is 4.79 Å². The van der Waals surface area contributed by atoms with Gasteiger partial charge in [-0.25, -0.2) is 4.68 Å². The number of nitrogens with zero attached hydrogens (tertiary/aromatic N) is 4. The normalized spacial score (nSPS) is 10.9. The van der Waals surface area contributed by atoms with Crippen molar-refractivity contribution in [2.24, 2.45) is 0 Å². The molecular formula is C21H15Cl4N5O2. The lowest BCUT2D eigenvalue weighted by atomic mass is 10.2. The van der Waals surface area contributed by atoms with Crippen LogP contribution in [0.25, 0.3) is 0 Å². The summed E-state index contributed by atoms with van der Waals surface area (Å²) in [6.07, 6.45) is 3.12. The Hall–Kier alpha value is -2.71. The monoisotopic (exact) mass is 509 g/mol. The number of benzene rings is 2. The zero-order valence-corrected chi connectivity index (χ0v) is 19.3. The van der Waals surface area contributed by atoms with Crippen molar-refractivity contribution in [2.75, 3.05) is 5.32 Å². The standard InChI is InChI=1S/C21H15Cl4N5O2/c22-14-2-4-15(5-3-14)32-12-30-19(7-8-26-30)21(31)27-20-18(25)11-29(28-20)10-13-1-6-16(23)17(24)9-13/h1-9,11H,10,12H2,(H,27,28,31). The minimum absolute atomic E-state index is 0.0386. The lowest BCUT2D eigenvalue weighted by Gasteiger charge is -2.09. The van der Waals surface area contributed by atoms with Crippen LogP contribution in [0.1, 0.15) is 16.1 Å². The summed E-state index contributed by atoms with van der Waals surface area (Å²) in [6.45, 7) is 0.441. The van der Waals surface area contributed by atoms with E-state index < -0.39 is 5.91 Å². The van der Waals surface area contributed by atoms with Gasteiger partial charge in [-0.1, -0.05) is 52.5 Å². The van der Waals surface area contributed by atoms with Gasteiger partial charge in [-0.2, -0.15) is 10.2 Å². The smallest absolute Gasteiger partial charge is 0.275 e. The third-order valence-electron chi connectivity index (χ3n) is 4.39. The van der Waals surface area contributed by atoms with Crippen LogP contribution in [0.15, 0.2) is 60.9 Å². The maximum atomic E-state index is 12.8. The second-order valence-electron chi connectivity index (χ2n) is 6.67. The molecule has 11 heteroatoms. The van der Waals surface area contributed by atoms with Crippen LogP contribution in [0.4, 0.5) is 5.82 Å². The van der Waals surface area contributed by atoms with Crippen molar-refractivity contribution in [1.82, 2.24) is 19.6 Å². The molecule has 4 rings (SSSR count). The van der Waals surface area contributed by atoms with Gasteiger partial charge in [0.25, 0.3) is 5.91 Å². The van der Waals surface area contributed by atoms with Crippen molar-refractivity contribution in [3.8, 4) is 5.75 Å². The molecule has 0 bridgehead atoms. The molecule has 0 spiro atoms. The second kappa shape index (κ2) is 9.83. The maximum Gasteiger partial charge on any atom is 0.275 e. The molecule has 0 fully saturated rings. The number of halogens is 4. The third kappa shape index (κ3) is 5.37. The fourth-order valence-electron chi connectivity index (χ4n) is 2.85. The average Bonchev–Trinajstić information content (AvgIpc) is 3.37. The maximum absolute atomic E-state index is 12.8. The number of ether oxygens (including phenoxy) is 1. The first kappa shape index (κ1) is 22.5. The third-order valence-corrected chi connectivity index (χ3v) is 5.66. The molecular weight excluding hydrogens is 496 g/mol. The zero-order valence-electron chi connectivity index (χ0n) is 16.3. The van der Waals surface area contributed by atoms with Crippen molar-refractivity contribution in [1.29, 1.82) is 0 Å². The number of carbonyl (C=O) groups excluding carboxylic acids is 1. The fourth-order valence-corrected chi connectivity index (χ4v) is 3.50. The Kier molecular flexibility index (Phi) is 6.91. The van der Waals surface area contributed by atoms with Crippen molar-refractivity contribution >= 4 is 58.1 Å². The Balaban J connectivity index is 1.42. The molecule has 0 saturated heterocycles. The topological polar surface area (TPSA) is 74.0 Å². The number of hydrogen-bond donors (Lipinski definition) is 1. The fraction of sp³-hybridized carbons (Fsp3) is 0.0952. The molecule has 164 valence electrons. The predicted molar refractivity (Wildman–Crippen MR) is 125 cm³/mol. The van der Waals surface area contributed by atoms with Crippen LogP contribution in [0.2, 0.25) is 20.1 Å². The number of rotatable bonds is 7. The molecule has 7 nitrogen and oxygen atoms in total. The molecule has 0 atom stereocenters. The van der Waals surface area contributed by atoms with Crippen LogP contribution in [-0.2, 0) is 13.3 Å². The first-order valence-corrected chi connectivity index (χ1v) is 10.8. The van der Waals surface area contributed by atoms with E-state index in [0.29, 0.717) is 32.4 Å². The van der Waals surface area contributed by atoms with Crippen molar-refractivity contribution in [2.45, 2.75) is 13.3 Å². The Bertz CT molecular complexity index is 1250. The SMILES string of the molecule is O=C(Nc1nn(Cc2ccc(Cl)c(Cl)c2)cc1Cl)c1ccnn1COc1ccc(Cl)cc1. The molecule has 4 aromatic rings. The number of hydrogen-bond acceptors (Lipinski definition) is 4. The molecule has 0 unspecified atom stereocenters. The van der Waals surface area contributed by atoms with Crippen LogP contribution >= 0.6 is 46.4 Å². The molecule has 2 aromatic heterocycles. The average molecular weight is 511 g/mol. The van der Waals surface area contributed by atoms with Gasteiger partial charge in [0.15, 0.2) is 12.5 Å². The van der Waals surface area contributed by atoms with E-state index in [1.54, 1.807) is 53.3 Å². The lowest BCUT2D eigenvalue weighted by Crippen LogP contribution is -2.20. The lowest BCUT2D eigenvalue weighted by molar-refractivity contribution is 0.100. The van der Waals surface area contributed by atoms with Crippen molar-refractivity contribution < 1.29 is 9.53 Å². The van der Waals surface area contributed by atoms with Gasteiger partial charge >= 0.3 is 0 Å². The van der Waals surface area contributed by atoms with Gasteiger partial charge < -0.3 is 10.1 Å². The number of anilines is 1. The van der Waals surface area contributed by atoms with E-state index in [2.05, 4.69) is 15.5 Å². The van der Waals surface area contributed by atoms with E-state index in [1.165, 1.54) is 10.9 Å². The van der Waals surface area contributed by atoms with Crippen molar-refractivity contribution in [3.63, 3.8) is 0 Å². The van der Waals surface area contributed by atoms with Crippen LogP contribution in [0, 0.1) is 0 Å². The molecule has 2 heterocycles. The molecule has 0 aliphatic rings. The molecule has 1 N–H and O–H groups in total. The van der Waals surface area contributed by atoms with Gasteiger partial charge in [-0.05, 0) is 48.0 Å². The minimum atomic E-state index is -0.427. The number of amides is 1. The second-order valence-corrected chi connectivity index (χ2v) is 8.33. The Morgan fingerprint density at radius 1 is 0.969 bits per heavy atom. The van der Waals surface area contributed by atoms with E-state index in [0.717, 1.165) is 5.56 Å². The summed E-state index contributed by atoms with van der Waals surface area (Å²) in [6, 6.07) is 13.7. The van der Waals surface area contributed by atoms with Gasteiger partial charge in [0, 0.05) is 17.4 Å². The molecule has 2 aromatic carbocycles. The minimum Gasteiger partial charge on any atom is -0.471 e. The van der Waals surface area contributed by atoms with E-state index >= 15 is 0 Å². The summed E-state index contributed by atoms with van der Waals surface area (Å²) in [5.41, 5.74) is 1.17. The summed E-state index contributed by atoms with van der Waals surface area (Å²) >= 11 is 24.1. The van der Waals surface area contributed by atoms with E-state index in [4.69, 9.17) is 51.1 Å². The van der Waals surface area contributed by atoms with Crippen LogP contribution in [0.3, 0.4) is 0 Å².